The monoisotopic (exact) mass is 581 g/mol. The van der Waals surface area contributed by atoms with Crippen molar-refractivity contribution in [3.63, 3.8) is 0 Å². The van der Waals surface area contributed by atoms with E-state index in [1.54, 1.807) is 48.5 Å². The summed E-state index contributed by atoms with van der Waals surface area (Å²) < 4.78 is 16.0. The van der Waals surface area contributed by atoms with Gasteiger partial charge in [0.25, 0.3) is 0 Å². The maximum atomic E-state index is 14.2. The maximum absolute atomic E-state index is 14.2. The normalized spacial score (nSPS) is 20.9. The molecule has 0 spiro atoms. The number of rotatable bonds is 12. The molecule has 1 aliphatic rings. The van der Waals surface area contributed by atoms with Gasteiger partial charge in [-0.25, -0.2) is 14.5 Å². The number of nitrogens with zero attached hydrogens (tertiary/aromatic N) is 1. The molecule has 42 heavy (non-hydrogen) atoms. The molecule has 224 valence electrons. The predicted octanol–water partition coefficient (Wildman–Crippen LogP) is 1.58. The molecule has 0 radical (unpaired) electrons. The van der Waals surface area contributed by atoms with E-state index in [-0.39, 0.29) is 36.5 Å². The number of hydrogen-bond donors (Lipinski definition) is 2. The van der Waals surface area contributed by atoms with Crippen molar-refractivity contribution in [1.82, 2.24) is 4.90 Å². The van der Waals surface area contributed by atoms with Gasteiger partial charge >= 0.3 is 12.1 Å². The zero-order valence-corrected chi connectivity index (χ0v) is 23.5. The second-order valence-corrected chi connectivity index (χ2v) is 9.88. The Hall–Kier alpha value is -4.26. The Bertz CT molecular complexity index is 1300. The summed E-state index contributed by atoms with van der Waals surface area (Å²) in [6.45, 7) is 0.147. The quantitative estimate of drug-likeness (QED) is 0.211. The van der Waals surface area contributed by atoms with E-state index < -0.39 is 71.9 Å². The fraction of sp³-hybridized carbons (Fsp3) is 0.400. The number of esters is 1. The highest BCUT2D eigenvalue weighted by atomic mass is 16.6. The Labute approximate surface area is 243 Å². The average Bonchev–Trinajstić information content (AvgIpc) is 3.00. The number of hydrogen-bond acceptors (Lipinski definition) is 11. The molecule has 1 fully saturated rings. The van der Waals surface area contributed by atoms with Gasteiger partial charge in [0.1, 0.15) is 18.5 Å². The number of nitrogens with two attached hydrogens (primary N) is 2. The van der Waals surface area contributed by atoms with Gasteiger partial charge in [-0.05, 0) is 31.9 Å². The van der Waals surface area contributed by atoms with Crippen molar-refractivity contribution in [1.29, 1.82) is 0 Å². The summed E-state index contributed by atoms with van der Waals surface area (Å²) in [5.41, 5.74) is 9.46. The minimum atomic E-state index is -2.87. The molecule has 0 saturated heterocycles. The van der Waals surface area contributed by atoms with Gasteiger partial charge < -0.3 is 25.7 Å². The second kappa shape index (κ2) is 14.6. The molecule has 12 heteroatoms. The highest BCUT2D eigenvalue weighted by molar-refractivity contribution is 6.22. The van der Waals surface area contributed by atoms with Gasteiger partial charge in [-0.3, -0.25) is 19.2 Å². The van der Waals surface area contributed by atoms with E-state index in [9.17, 15) is 28.8 Å². The number of imide groups is 1. The molecule has 0 aliphatic heterocycles. The number of methoxy groups -OCH3 is 1. The van der Waals surface area contributed by atoms with E-state index in [0.717, 1.165) is 7.11 Å². The van der Waals surface area contributed by atoms with Crippen LogP contribution in [-0.2, 0) is 40.0 Å². The molecule has 2 aromatic rings. The molecule has 1 saturated carbocycles. The highest BCUT2D eigenvalue weighted by Gasteiger charge is 2.68. The zero-order valence-electron chi connectivity index (χ0n) is 23.5. The van der Waals surface area contributed by atoms with E-state index in [0.29, 0.717) is 5.56 Å². The van der Waals surface area contributed by atoms with E-state index in [1.807, 2.05) is 0 Å². The summed E-state index contributed by atoms with van der Waals surface area (Å²) >= 11 is 0. The van der Waals surface area contributed by atoms with Crippen molar-refractivity contribution in [2.75, 3.05) is 20.3 Å². The first-order valence-corrected chi connectivity index (χ1v) is 13.4. The lowest BCUT2D eigenvalue weighted by Crippen LogP contribution is -2.75. The molecule has 0 bridgehead atoms. The van der Waals surface area contributed by atoms with Crippen LogP contribution in [-0.4, -0.2) is 78.2 Å². The Morgan fingerprint density at radius 1 is 1.00 bits per heavy atom. The van der Waals surface area contributed by atoms with Crippen molar-refractivity contribution in [2.24, 2.45) is 17.4 Å². The van der Waals surface area contributed by atoms with Crippen LogP contribution < -0.4 is 11.5 Å². The van der Waals surface area contributed by atoms with Gasteiger partial charge in [-0.1, -0.05) is 60.7 Å². The van der Waals surface area contributed by atoms with Crippen LogP contribution >= 0.6 is 0 Å². The van der Waals surface area contributed by atoms with Crippen LogP contribution in [0.4, 0.5) is 4.79 Å². The smallest absolute Gasteiger partial charge is 0.418 e. The number of ketones is 3. The largest absolute Gasteiger partial charge is 0.455 e. The van der Waals surface area contributed by atoms with Crippen molar-refractivity contribution in [2.45, 2.75) is 50.5 Å². The van der Waals surface area contributed by atoms with Crippen LogP contribution in [0.15, 0.2) is 60.7 Å². The van der Waals surface area contributed by atoms with Gasteiger partial charge in [-0.15, -0.1) is 0 Å². The van der Waals surface area contributed by atoms with Gasteiger partial charge in [0.2, 0.25) is 11.4 Å². The van der Waals surface area contributed by atoms with Crippen LogP contribution in [0.2, 0.25) is 0 Å². The molecule has 0 aromatic heterocycles. The summed E-state index contributed by atoms with van der Waals surface area (Å²) in [6, 6.07) is 15.0. The number of carbonyl (C=O) groups excluding carboxylic acids is 6. The molecule has 4 atom stereocenters. The fourth-order valence-electron chi connectivity index (χ4n) is 4.89. The predicted molar refractivity (Wildman–Crippen MR) is 149 cm³/mol. The van der Waals surface area contributed by atoms with Gasteiger partial charge in [0, 0.05) is 19.1 Å². The molecular formula is C30H35N3O9. The zero-order chi connectivity index (χ0) is 30.9. The summed E-state index contributed by atoms with van der Waals surface area (Å²) in [4.78, 5) is 82.2. The minimum Gasteiger partial charge on any atom is -0.455 e. The summed E-state index contributed by atoms with van der Waals surface area (Å²) in [6.07, 6.45) is -3.33. The Balaban J connectivity index is 2.15. The summed E-state index contributed by atoms with van der Waals surface area (Å²) in [5.74, 6) is -6.53. The van der Waals surface area contributed by atoms with E-state index in [1.165, 1.54) is 19.1 Å². The summed E-state index contributed by atoms with van der Waals surface area (Å²) in [5, 5.41) is 0. The van der Waals surface area contributed by atoms with Crippen molar-refractivity contribution < 1.29 is 43.0 Å². The third kappa shape index (κ3) is 6.78. The molecule has 2 amide bonds. The molecule has 2 aromatic carbocycles. The van der Waals surface area contributed by atoms with Crippen LogP contribution in [0.25, 0.3) is 0 Å². The van der Waals surface area contributed by atoms with Crippen molar-refractivity contribution >= 4 is 35.3 Å². The van der Waals surface area contributed by atoms with E-state index in [4.69, 9.17) is 25.7 Å². The number of Topliss-reactive ketones (excluding diaryl/α,β-unsaturated/α-hetero) is 3. The van der Waals surface area contributed by atoms with Gasteiger partial charge in [-0.2, -0.15) is 0 Å². The maximum Gasteiger partial charge on any atom is 0.418 e. The lowest BCUT2D eigenvalue weighted by atomic mass is 9.66. The van der Waals surface area contributed by atoms with Crippen LogP contribution in [0.1, 0.15) is 42.1 Å². The molecule has 3 rings (SSSR count). The van der Waals surface area contributed by atoms with Gasteiger partial charge in [0.15, 0.2) is 18.2 Å². The molecule has 2 unspecified atom stereocenters. The number of benzene rings is 2. The topological polar surface area (TPSA) is 185 Å². The van der Waals surface area contributed by atoms with E-state index in [2.05, 4.69) is 0 Å². The summed E-state index contributed by atoms with van der Waals surface area (Å²) in [7, 11) is 1.15. The fourth-order valence-corrected chi connectivity index (χ4v) is 4.89. The second-order valence-electron chi connectivity index (χ2n) is 9.88. The van der Waals surface area contributed by atoms with Crippen LogP contribution in [0.3, 0.4) is 0 Å². The Morgan fingerprint density at radius 2 is 1.62 bits per heavy atom. The van der Waals surface area contributed by atoms with Crippen LogP contribution in [0.5, 0.6) is 0 Å². The minimum absolute atomic E-state index is 0.0724. The highest BCUT2D eigenvalue weighted by Crippen LogP contribution is 2.40. The first kappa shape index (κ1) is 32.3. The molecule has 1 aliphatic carbocycles. The number of carbonyl (C=O) groups is 6. The van der Waals surface area contributed by atoms with Crippen LogP contribution in [0, 0.1) is 5.92 Å². The SMILES string of the molecule is COC1CC(=O)C(CCCN)[C@@](C(=O)OCC(=O)c2ccccc2)(N(C(=O)OCc2ccccc2)C(=O)[C@H](C)N)C1=O. The average molecular weight is 582 g/mol. The van der Waals surface area contributed by atoms with Crippen molar-refractivity contribution in [3.05, 3.63) is 71.8 Å². The number of amides is 2. The molecule has 0 heterocycles. The lowest BCUT2D eigenvalue weighted by Gasteiger charge is -2.47. The number of ether oxygens (including phenoxy) is 3. The van der Waals surface area contributed by atoms with E-state index >= 15 is 0 Å². The first-order valence-electron chi connectivity index (χ1n) is 13.4. The molecule has 4 N–H and O–H groups in total. The molecular weight excluding hydrogens is 546 g/mol. The molecule has 12 nitrogen and oxygen atoms in total. The first-order chi connectivity index (χ1) is 20.1. The Morgan fingerprint density at radius 3 is 2.19 bits per heavy atom. The lowest BCUT2D eigenvalue weighted by molar-refractivity contribution is -0.181. The van der Waals surface area contributed by atoms with Crippen molar-refractivity contribution in [3.8, 4) is 0 Å². The third-order valence-corrected chi connectivity index (χ3v) is 7.02. The third-order valence-electron chi connectivity index (χ3n) is 7.02. The van der Waals surface area contributed by atoms with Gasteiger partial charge in [0.05, 0.1) is 12.0 Å². The standard InChI is InChI=1S/C30H35N3O9/c1-19(32)27(37)33(29(39)42-17-20-10-5-3-6-11-20)30(28(38)41-18-24(35)21-12-7-4-8-13-21)22(14-9-15-31)23(34)16-25(40-2)26(30)36/h3-8,10-13,19,22,25H,9,14-18,31-32H2,1-2H3/t19-,22?,25?,30+/m0/s1. The Kier molecular flexibility index (Phi) is 11.2.